The smallest absolute Gasteiger partial charge is 0.201 e. The molecule has 0 aromatic heterocycles. The highest BCUT2D eigenvalue weighted by Gasteiger charge is 2.21. The summed E-state index contributed by atoms with van der Waals surface area (Å²) in [5.41, 5.74) is 0. The van der Waals surface area contributed by atoms with Gasteiger partial charge in [-0.15, -0.1) is 0 Å². The van der Waals surface area contributed by atoms with Gasteiger partial charge < -0.3 is 9.47 Å². The van der Waals surface area contributed by atoms with Crippen LogP contribution in [-0.2, 0) is 9.47 Å². The molecular weight excluding hydrogens is 140 g/mol. The first-order valence-electron chi connectivity index (χ1n) is 4.16. The van der Waals surface area contributed by atoms with Gasteiger partial charge in [0.25, 0.3) is 0 Å². The Hall–Kier alpha value is -0.500. The minimum atomic E-state index is -0.0325. The molecule has 11 heavy (non-hydrogen) atoms. The third-order valence-electron chi connectivity index (χ3n) is 2.03. The normalized spacial score (nSPS) is 31.0. The molecule has 0 amide bonds. The monoisotopic (exact) mass is 156 g/mol. The van der Waals surface area contributed by atoms with Gasteiger partial charge in [-0.25, -0.2) is 0 Å². The second-order valence-corrected chi connectivity index (χ2v) is 2.96. The van der Waals surface area contributed by atoms with Gasteiger partial charge in [-0.05, 0) is 12.5 Å². The average molecular weight is 156 g/mol. The molecule has 64 valence electrons. The Bertz CT molecular complexity index is 152. The zero-order valence-corrected chi connectivity index (χ0v) is 7.46. The first kappa shape index (κ1) is 8.60. The second-order valence-electron chi connectivity index (χ2n) is 2.96. The van der Waals surface area contributed by atoms with Crippen molar-refractivity contribution in [2.24, 2.45) is 5.92 Å². The summed E-state index contributed by atoms with van der Waals surface area (Å²) in [5, 5.41) is 0. The lowest BCUT2D eigenvalue weighted by Crippen LogP contribution is -2.26. The molecule has 0 aliphatic carbocycles. The minimum absolute atomic E-state index is 0.0325. The van der Waals surface area contributed by atoms with Crippen LogP contribution in [0.5, 0.6) is 0 Å². The van der Waals surface area contributed by atoms with Crippen molar-refractivity contribution in [3.05, 3.63) is 11.8 Å². The molecule has 2 heteroatoms. The van der Waals surface area contributed by atoms with Crippen molar-refractivity contribution in [3.63, 3.8) is 0 Å². The predicted molar refractivity (Wildman–Crippen MR) is 44.0 cm³/mol. The first-order chi connectivity index (χ1) is 5.27. The largest absolute Gasteiger partial charge is 0.469 e. The van der Waals surface area contributed by atoms with E-state index in [1.54, 1.807) is 7.11 Å². The molecule has 1 aliphatic rings. The van der Waals surface area contributed by atoms with E-state index in [0.717, 1.165) is 18.6 Å². The molecule has 0 saturated heterocycles. The molecule has 0 radical (unpaired) electrons. The van der Waals surface area contributed by atoms with E-state index >= 15 is 0 Å². The van der Waals surface area contributed by atoms with Crippen LogP contribution in [0, 0.1) is 5.92 Å². The second kappa shape index (κ2) is 3.77. The van der Waals surface area contributed by atoms with E-state index in [2.05, 4.69) is 19.9 Å². The predicted octanol–water partition coefficient (Wildman–Crippen LogP) is 2.31. The standard InChI is InChI=1S/C9H16O2/c1-4-8-6-5-7(2)9(10-3)11-8/h6-7,9H,4-5H2,1-3H3. The van der Waals surface area contributed by atoms with E-state index < -0.39 is 0 Å². The SMILES string of the molecule is CCC1=CCC(C)C(OC)O1. The molecular formula is C9H16O2. The van der Waals surface area contributed by atoms with Crippen LogP contribution in [0.25, 0.3) is 0 Å². The number of ether oxygens (including phenoxy) is 2. The zero-order valence-electron chi connectivity index (χ0n) is 7.46. The van der Waals surface area contributed by atoms with Crippen molar-refractivity contribution in [2.45, 2.75) is 33.0 Å². The van der Waals surface area contributed by atoms with Crippen molar-refractivity contribution in [2.75, 3.05) is 7.11 Å². The van der Waals surface area contributed by atoms with E-state index in [1.807, 2.05) is 0 Å². The fourth-order valence-electron chi connectivity index (χ4n) is 1.25. The summed E-state index contributed by atoms with van der Waals surface area (Å²) in [6, 6.07) is 0. The third kappa shape index (κ3) is 1.96. The van der Waals surface area contributed by atoms with Crippen molar-refractivity contribution in [1.29, 1.82) is 0 Å². The van der Waals surface area contributed by atoms with E-state index in [9.17, 15) is 0 Å². The Kier molecular flexibility index (Phi) is 2.94. The molecule has 0 fully saturated rings. The maximum absolute atomic E-state index is 5.54. The van der Waals surface area contributed by atoms with Gasteiger partial charge in [-0.3, -0.25) is 0 Å². The minimum Gasteiger partial charge on any atom is -0.469 e. The van der Waals surface area contributed by atoms with E-state index in [1.165, 1.54) is 0 Å². The van der Waals surface area contributed by atoms with Gasteiger partial charge in [-0.1, -0.05) is 13.8 Å². The van der Waals surface area contributed by atoms with Crippen molar-refractivity contribution in [1.82, 2.24) is 0 Å². The van der Waals surface area contributed by atoms with Crippen LogP contribution in [-0.4, -0.2) is 13.4 Å². The lowest BCUT2D eigenvalue weighted by molar-refractivity contribution is -0.134. The van der Waals surface area contributed by atoms with Crippen LogP contribution < -0.4 is 0 Å². The Morgan fingerprint density at radius 1 is 1.73 bits per heavy atom. The van der Waals surface area contributed by atoms with E-state index in [-0.39, 0.29) is 6.29 Å². The average Bonchev–Trinajstić information content (AvgIpc) is 2.05. The molecule has 1 rings (SSSR count). The van der Waals surface area contributed by atoms with E-state index in [0.29, 0.717) is 5.92 Å². The molecule has 0 N–H and O–H groups in total. The third-order valence-corrected chi connectivity index (χ3v) is 2.03. The first-order valence-corrected chi connectivity index (χ1v) is 4.16. The van der Waals surface area contributed by atoms with Gasteiger partial charge in [0.05, 0.1) is 5.76 Å². The number of rotatable bonds is 2. The molecule has 0 bridgehead atoms. The molecule has 0 spiro atoms. The fraction of sp³-hybridized carbons (Fsp3) is 0.778. The highest BCUT2D eigenvalue weighted by atomic mass is 16.7. The maximum Gasteiger partial charge on any atom is 0.201 e. The summed E-state index contributed by atoms with van der Waals surface area (Å²) in [6.45, 7) is 4.23. The van der Waals surface area contributed by atoms with E-state index in [4.69, 9.17) is 9.47 Å². The van der Waals surface area contributed by atoms with Gasteiger partial charge in [0, 0.05) is 19.4 Å². The number of allylic oxidation sites excluding steroid dienone is 2. The fourth-order valence-corrected chi connectivity index (χ4v) is 1.25. The lowest BCUT2D eigenvalue weighted by atomic mass is 10.0. The van der Waals surface area contributed by atoms with Crippen LogP contribution in [0.4, 0.5) is 0 Å². The van der Waals surface area contributed by atoms with Crippen LogP contribution in [0.3, 0.4) is 0 Å². The lowest BCUT2D eigenvalue weighted by Gasteiger charge is -2.28. The zero-order chi connectivity index (χ0) is 8.27. The number of hydrogen-bond donors (Lipinski definition) is 0. The maximum atomic E-state index is 5.54. The summed E-state index contributed by atoms with van der Waals surface area (Å²) < 4.78 is 10.7. The summed E-state index contributed by atoms with van der Waals surface area (Å²) in [4.78, 5) is 0. The summed E-state index contributed by atoms with van der Waals surface area (Å²) >= 11 is 0. The number of methoxy groups -OCH3 is 1. The Morgan fingerprint density at radius 2 is 2.45 bits per heavy atom. The Labute approximate surface area is 68.2 Å². The topological polar surface area (TPSA) is 18.5 Å². The summed E-state index contributed by atoms with van der Waals surface area (Å²) in [7, 11) is 1.69. The van der Waals surface area contributed by atoms with Gasteiger partial charge in [0.15, 0.2) is 0 Å². The van der Waals surface area contributed by atoms with Gasteiger partial charge in [0.1, 0.15) is 0 Å². The van der Waals surface area contributed by atoms with Crippen molar-refractivity contribution < 1.29 is 9.47 Å². The molecule has 2 atom stereocenters. The van der Waals surface area contributed by atoms with Gasteiger partial charge in [-0.2, -0.15) is 0 Å². The van der Waals surface area contributed by atoms with Crippen LogP contribution in [0.2, 0.25) is 0 Å². The Balaban J connectivity index is 2.53. The molecule has 1 aliphatic heterocycles. The van der Waals surface area contributed by atoms with Crippen molar-refractivity contribution >= 4 is 0 Å². The quantitative estimate of drug-likeness (QED) is 0.610. The Morgan fingerprint density at radius 3 is 3.00 bits per heavy atom. The molecule has 2 nitrogen and oxygen atoms in total. The number of hydrogen-bond acceptors (Lipinski definition) is 2. The van der Waals surface area contributed by atoms with Crippen LogP contribution >= 0.6 is 0 Å². The van der Waals surface area contributed by atoms with Crippen LogP contribution in [0.1, 0.15) is 26.7 Å². The van der Waals surface area contributed by atoms with Gasteiger partial charge in [0.2, 0.25) is 6.29 Å². The molecule has 2 unspecified atom stereocenters. The molecule has 0 aromatic rings. The summed E-state index contributed by atoms with van der Waals surface area (Å²) in [6.07, 6.45) is 4.16. The summed E-state index contributed by atoms with van der Waals surface area (Å²) in [5.74, 6) is 1.55. The molecule has 0 saturated carbocycles. The highest BCUT2D eigenvalue weighted by Crippen LogP contribution is 2.24. The van der Waals surface area contributed by atoms with Crippen molar-refractivity contribution in [3.8, 4) is 0 Å². The highest BCUT2D eigenvalue weighted by molar-refractivity contribution is 4.97. The van der Waals surface area contributed by atoms with Crippen LogP contribution in [0.15, 0.2) is 11.8 Å². The molecule has 0 aromatic carbocycles. The molecule has 1 heterocycles. The van der Waals surface area contributed by atoms with Gasteiger partial charge >= 0.3 is 0 Å².